The van der Waals surface area contributed by atoms with Crippen LogP contribution in [0.2, 0.25) is 0 Å². The smallest absolute Gasteiger partial charge is 0.366 e. The van der Waals surface area contributed by atoms with Gasteiger partial charge in [-0.05, 0) is 29.4 Å². The van der Waals surface area contributed by atoms with Crippen LogP contribution in [0, 0.1) is 12.3 Å². The van der Waals surface area contributed by atoms with Crippen molar-refractivity contribution in [1.29, 1.82) is 0 Å². The monoisotopic (exact) mass is 664 g/mol. The summed E-state index contributed by atoms with van der Waals surface area (Å²) in [5.74, 6) is 2.20. The molecule has 0 heterocycles. The normalized spacial score (nSPS) is 9.78. The van der Waals surface area contributed by atoms with Crippen molar-refractivity contribution in [1.82, 2.24) is 0 Å². The number of rotatable bonds is 5. The first-order valence-corrected chi connectivity index (χ1v) is 12.7. The molecule has 0 aliphatic carbocycles. The molecule has 0 saturated heterocycles. The van der Waals surface area contributed by atoms with E-state index in [2.05, 4.69) is 96.9 Å². The molecule has 1 nitrogen and oxygen atoms in total. The molecule has 0 atom stereocenters. The van der Waals surface area contributed by atoms with Crippen molar-refractivity contribution in [3.05, 3.63) is 169 Å². The molecule has 0 unspecified atom stereocenters. The van der Waals surface area contributed by atoms with E-state index in [-0.39, 0.29) is 28.2 Å². The summed E-state index contributed by atoms with van der Waals surface area (Å²) in [4.78, 5) is 12.1. The summed E-state index contributed by atoms with van der Waals surface area (Å²) < 4.78 is 0. The number of carbonyl (C=O) groups is 1. The largest absolute Gasteiger partial charge is 1.00 e. The van der Waals surface area contributed by atoms with Gasteiger partial charge in [-0.1, -0.05) is 140 Å². The van der Waals surface area contributed by atoms with Gasteiger partial charge < -0.3 is 6.42 Å². The summed E-state index contributed by atoms with van der Waals surface area (Å²) in [7, 11) is -0.446. The topological polar surface area (TPSA) is 17.1 Å². The summed E-state index contributed by atoms with van der Waals surface area (Å²) in [5.41, 5.74) is 1.67. The number of hydrogen-bond acceptors (Lipinski definition) is 1. The third-order valence-electron chi connectivity index (χ3n) is 5.39. The van der Waals surface area contributed by atoms with Crippen LogP contribution in [0.3, 0.4) is 0 Å². The second kappa shape index (κ2) is 14.2. The minimum atomic E-state index is -0.446. The van der Waals surface area contributed by atoms with Gasteiger partial charge in [-0.2, -0.15) is 0 Å². The summed E-state index contributed by atoms with van der Waals surface area (Å²) in [6.45, 7) is 0. The number of benzene rings is 5. The molecule has 0 aliphatic heterocycles. The van der Waals surface area contributed by atoms with Crippen LogP contribution in [0.25, 0.3) is 0 Å². The van der Waals surface area contributed by atoms with Crippen molar-refractivity contribution < 1.29 is 27.2 Å². The molecule has 0 aromatic heterocycles. The Morgan fingerprint density at radius 1 is 0.528 bits per heavy atom. The van der Waals surface area contributed by atoms with E-state index in [4.69, 9.17) is 6.42 Å². The molecule has 0 spiro atoms. The van der Waals surface area contributed by atoms with Crippen molar-refractivity contribution in [3.8, 4) is 5.92 Å². The van der Waals surface area contributed by atoms with E-state index in [1.165, 1.54) is 15.9 Å². The molecular weight excluding hydrogens is 640 g/mol. The molecule has 5 aromatic carbocycles. The fraction of sp³-hybridized carbons (Fsp3) is 0. The van der Waals surface area contributed by atoms with E-state index >= 15 is 0 Å². The first-order valence-electron chi connectivity index (χ1n) is 11.3. The van der Waals surface area contributed by atoms with E-state index in [0.29, 0.717) is 16.7 Å². The first-order chi connectivity index (χ1) is 17.3. The quantitative estimate of drug-likeness (QED) is 0.0710. The minimum Gasteiger partial charge on any atom is -0.366 e. The Bertz CT molecular complexity index is 1300. The van der Waals surface area contributed by atoms with Crippen LogP contribution in [-0.2, 0) is 22.4 Å². The first kappa shape index (κ1) is 27.1. The fourth-order valence-electron chi connectivity index (χ4n) is 3.71. The molecule has 0 aliphatic rings. The van der Waals surface area contributed by atoms with Crippen LogP contribution in [0.4, 0.5) is 0 Å². The Balaban J connectivity index is 0.000000198. The van der Waals surface area contributed by atoms with Gasteiger partial charge in [-0.15, -0.1) is 11.6 Å². The predicted octanol–water partition coefficient (Wildman–Crippen LogP) is 6.30. The number of hydrogen-bond donors (Lipinski definition) is 0. The van der Waals surface area contributed by atoms with Crippen molar-refractivity contribution >= 4 is 29.6 Å². The third-order valence-corrected chi connectivity index (χ3v) is 7.83. The fourth-order valence-corrected chi connectivity index (χ4v) is 6.02. The molecule has 36 heavy (non-hydrogen) atoms. The summed E-state index contributed by atoms with van der Waals surface area (Å²) in [6.07, 6.45) is 7.14. The maximum absolute atomic E-state index is 12.1. The average molecular weight is 664 g/mol. The maximum Gasteiger partial charge on any atom is 1.00 e. The van der Waals surface area contributed by atoms with Crippen molar-refractivity contribution in [2.45, 2.75) is 0 Å². The molecular formula is C33H24AuOP. The van der Waals surface area contributed by atoms with E-state index in [1.807, 2.05) is 18.2 Å². The van der Waals surface area contributed by atoms with Crippen LogP contribution in [0.15, 0.2) is 146 Å². The van der Waals surface area contributed by atoms with Crippen LogP contribution in [0.5, 0.6) is 0 Å². The maximum atomic E-state index is 12.1. The molecule has 5 rings (SSSR count). The van der Waals surface area contributed by atoms with Gasteiger partial charge in [0.25, 0.3) is 0 Å². The number of ketones is 1. The summed E-state index contributed by atoms with van der Waals surface area (Å²) in [6, 6.07) is 48.4. The minimum absolute atomic E-state index is 0. The Morgan fingerprint density at radius 2 is 0.889 bits per heavy atom. The Labute approximate surface area is 230 Å². The third kappa shape index (κ3) is 7.02. The average Bonchev–Trinajstić information content (AvgIpc) is 2.95. The van der Waals surface area contributed by atoms with Gasteiger partial charge in [-0.25, -0.2) is 0 Å². The summed E-state index contributed by atoms with van der Waals surface area (Å²) >= 11 is 0. The van der Waals surface area contributed by atoms with Gasteiger partial charge in [0, 0.05) is 5.56 Å². The molecule has 0 saturated carbocycles. The van der Waals surface area contributed by atoms with E-state index in [9.17, 15) is 4.79 Å². The Morgan fingerprint density at radius 3 is 1.31 bits per heavy atom. The SMILES string of the molecule is [Au+].[C-]#Cc1ccccc1C(=O)c1ccccc1.c1ccc(P(c2ccccc2)c2ccccc2)cc1. The van der Waals surface area contributed by atoms with Crippen molar-refractivity contribution in [2.75, 3.05) is 0 Å². The predicted molar refractivity (Wildman–Crippen MR) is 148 cm³/mol. The van der Waals surface area contributed by atoms with Gasteiger partial charge in [0.2, 0.25) is 0 Å². The van der Waals surface area contributed by atoms with Gasteiger partial charge in [0.05, 0.1) is 0 Å². The van der Waals surface area contributed by atoms with E-state index in [1.54, 1.807) is 36.4 Å². The van der Waals surface area contributed by atoms with E-state index in [0.717, 1.165) is 0 Å². The molecule has 178 valence electrons. The second-order valence-corrected chi connectivity index (χ2v) is 9.93. The van der Waals surface area contributed by atoms with Gasteiger partial charge in [0.1, 0.15) is 0 Å². The molecule has 0 bridgehead atoms. The zero-order valence-corrected chi connectivity index (χ0v) is 22.6. The zero-order valence-electron chi connectivity index (χ0n) is 19.5. The molecule has 0 amide bonds. The van der Waals surface area contributed by atoms with Crippen LogP contribution in [-0.4, -0.2) is 5.78 Å². The molecule has 5 aromatic rings. The number of carbonyl (C=O) groups excluding carboxylic acids is 1. The van der Waals surface area contributed by atoms with Crippen LogP contribution < -0.4 is 15.9 Å². The van der Waals surface area contributed by atoms with Crippen molar-refractivity contribution in [2.24, 2.45) is 0 Å². The second-order valence-electron chi connectivity index (χ2n) is 7.71. The van der Waals surface area contributed by atoms with E-state index < -0.39 is 7.92 Å². The Hall–Kier alpha value is -3.50. The molecule has 0 N–H and O–H groups in total. The zero-order chi connectivity index (χ0) is 24.3. The van der Waals surface area contributed by atoms with Gasteiger partial charge in [-0.3, -0.25) is 10.7 Å². The van der Waals surface area contributed by atoms with Crippen molar-refractivity contribution in [3.63, 3.8) is 0 Å². The van der Waals surface area contributed by atoms with Gasteiger partial charge >= 0.3 is 22.4 Å². The standard InChI is InChI=1S/C18H15P.C15H9O.Au/c1-4-10-16(11-5-1)19(17-12-6-2-7-13-17)18-14-8-3-9-15-18;1-2-12-8-6-7-11-14(12)15(16)13-9-4-3-5-10-13;/h1-15H;3-11H;/q;-1;+1. The van der Waals surface area contributed by atoms with Gasteiger partial charge in [0.15, 0.2) is 5.78 Å². The molecule has 3 heteroatoms. The summed E-state index contributed by atoms with van der Waals surface area (Å²) in [5, 5.41) is 4.19. The molecule has 0 radical (unpaired) electrons. The van der Waals surface area contributed by atoms with Crippen LogP contribution in [0.1, 0.15) is 21.5 Å². The molecule has 0 fully saturated rings. The van der Waals surface area contributed by atoms with Crippen LogP contribution >= 0.6 is 7.92 Å². The Kier molecular flexibility index (Phi) is 10.7.